The van der Waals surface area contributed by atoms with Crippen molar-refractivity contribution >= 4 is 53.1 Å². The number of nitrogens with zero attached hydrogens (tertiary/aromatic N) is 3. The molecule has 2 rings (SSSR count). The predicted octanol–water partition coefficient (Wildman–Crippen LogP) is 1.98. The summed E-state index contributed by atoms with van der Waals surface area (Å²) in [6, 6.07) is 0. The van der Waals surface area contributed by atoms with Crippen LogP contribution < -0.4 is 10.6 Å². The highest BCUT2D eigenvalue weighted by atomic mass is 127. The van der Waals surface area contributed by atoms with Gasteiger partial charge in [-0.3, -0.25) is 19.5 Å². The van der Waals surface area contributed by atoms with Gasteiger partial charge < -0.3 is 10.6 Å². The van der Waals surface area contributed by atoms with Crippen LogP contribution >= 0.6 is 35.3 Å². The van der Waals surface area contributed by atoms with E-state index in [0.717, 1.165) is 16.7 Å². The lowest BCUT2D eigenvalue weighted by Gasteiger charge is -2.25. The highest BCUT2D eigenvalue weighted by molar-refractivity contribution is 14.0. The number of likely N-dealkylation sites (tertiary alicyclic amines) is 1. The zero-order chi connectivity index (χ0) is 18.4. The van der Waals surface area contributed by atoms with Gasteiger partial charge in [-0.2, -0.15) is 13.2 Å². The van der Waals surface area contributed by atoms with Gasteiger partial charge in [0.05, 0.1) is 6.54 Å². The van der Waals surface area contributed by atoms with Crippen LogP contribution in [0.4, 0.5) is 13.2 Å². The second kappa shape index (κ2) is 10.0. The fourth-order valence-electron chi connectivity index (χ4n) is 2.24. The maximum Gasteiger partial charge on any atom is 0.434 e. The number of amides is 2. The number of halogens is 4. The van der Waals surface area contributed by atoms with Crippen molar-refractivity contribution in [3.8, 4) is 0 Å². The number of piperidine rings is 1. The number of alkyl halides is 3. The Balaban J connectivity index is 0.00000338. The topological polar surface area (TPSA) is 86.7 Å². The molecule has 0 aliphatic carbocycles. The molecule has 0 saturated carbocycles. The van der Waals surface area contributed by atoms with Crippen molar-refractivity contribution in [3.05, 3.63) is 16.1 Å². The maximum absolute atomic E-state index is 12.5. The first kappa shape index (κ1) is 22.6. The number of thiazole rings is 1. The summed E-state index contributed by atoms with van der Waals surface area (Å²) in [5, 5.41) is 6.99. The third-order valence-corrected chi connectivity index (χ3v) is 4.33. The Kier molecular flexibility index (Phi) is 8.73. The molecule has 0 bridgehead atoms. The molecule has 7 nitrogen and oxygen atoms in total. The number of nitrogens with one attached hydrogen (secondary N) is 2. The van der Waals surface area contributed by atoms with Crippen LogP contribution in [0.2, 0.25) is 0 Å². The van der Waals surface area contributed by atoms with E-state index in [4.69, 9.17) is 0 Å². The molecule has 1 aliphatic heterocycles. The normalized spacial score (nSPS) is 15.7. The van der Waals surface area contributed by atoms with E-state index in [0.29, 0.717) is 31.8 Å². The summed E-state index contributed by atoms with van der Waals surface area (Å²) in [4.78, 5) is 32.0. The second-order valence-electron chi connectivity index (χ2n) is 5.27. The van der Waals surface area contributed by atoms with E-state index in [1.807, 2.05) is 0 Å². The van der Waals surface area contributed by atoms with E-state index in [-0.39, 0.29) is 53.9 Å². The number of hydrogen-bond acceptors (Lipinski definition) is 5. The van der Waals surface area contributed by atoms with E-state index in [9.17, 15) is 22.8 Å². The third kappa shape index (κ3) is 6.37. The van der Waals surface area contributed by atoms with Crippen molar-refractivity contribution < 1.29 is 22.8 Å². The minimum atomic E-state index is -4.46. The highest BCUT2D eigenvalue weighted by Crippen LogP contribution is 2.29. The lowest BCUT2D eigenvalue weighted by Crippen LogP contribution is -2.46. The molecule has 1 aromatic heterocycles. The molecule has 1 aliphatic rings. The highest BCUT2D eigenvalue weighted by Gasteiger charge is 2.33. The Hall–Kier alpha value is -1.44. The van der Waals surface area contributed by atoms with Crippen LogP contribution in [0.25, 0.3) is 0 Å². The minimum absolute atomic E-state index is 0. The second-order valence-corrected chi connectivity index (χ2v) is 6.21. The summed E-state index contributed by atoms with van der Waals surface area (Å²) in [6.07, 6.45) is -3.14. The first-order valence-electron chi connectivity index (χ1n) is 7.60. The first-order chi connectivity index (χ1) is 11.8. The zero-order valence-corrected chi connectivity index (χ0v) is 17.1. The van der Waals surface area contributed by atoms with Crippen molar-refractivity contribution in [2.24, 2.45) is 4.99 Å². The quantitative estimate of drug-likeness (QED) is 0.277. The molecule has 26 heavy (non-hydrogen) atoms. The molecule has 2 N–H and O–H groups in total. The van der Waals surface area contributed by atoms with E-state index < -0.39 is 11.9 Å². The van der Waals surface area contributed by atoms with E-state index in [1.165, 1.54) is 11.9 Å². The van der Waals surface area contributed by atoms with Crippen molar-refractivity contribution in [2.75, 3.05) is 20.1 Å². The van der Waals surface area contributed by atoms with Gasteiger partial charge in [0, 0.05) is 38.4 Å². The van der Waals surface area contributed by atoms with Crippen molar-refractivity contribution in [1.29, 1.82) is 0 Å². The lowest BCUT2D eigenvalue weighted by molar-refractivity contribution is -0.147. The van der Waals surface area contributed by atoms with Crippen molar-refractivity contribution in [2.45, 2.75) is 32.0 Å². The van der Waals surface area contributed by atoms with Crippen molar-refractivity contribution in [1.82, 2.24) is 20.5 Å². The molecule has 1 aromatic rings. The molecule has 2 amide bonds. The van der Waals surface area contributed by atoms with Gasteiger partial charge in [-0.25, -0.2) is 4.98 Å². The third-order valence-electron chi connectivity index (χ3n) is 3.48. The number of aliphatic imine (C=N–C) groups is 1. The molecule has 1 saturated heterocycles. The van der Waals surface area contributed by atoms with Gasteiger partial charge in [-0.1, -0.05) is 0 Å². The Morgan fingerprint density at radius 3 is 2.50 bits per heavy atom. The minimum Gasteiger partial charge on any atom is -0.355 e. The number of guanidine groups is 1. The smallest absolute Gasteiger partial charge is 0.355 e. The number of hydrogen-bond donors (Lipinski definition) is 2. The fraction of sp³-hybridized carbons (Fsp3) is 0.571. The van der Waals surface area contributed by atoms with Gasteiger partial charge in [-0.15, -0.1) is 35.3 Å². The van der Waals surface area contributed by atoms with Crippen molar-refractivity contribution in [3.63, 3.8) is 0 Å². The maximum atomic E-state index is 12.5. The SMILES string of the molecule is CN=C(NCCN1C(=O)CCCC1=O)NCc1nc(C(F)(F)F)cs1.I. The standard InChI is InChI=1S/C14H18F3N5O2S.HI/c1-18-13(19-5-6-22-11(23)3-2-4-12(22)24)20-7-10-21-9(8-25-10)14(15,16)17;/h8H,2-7H2,1H3,(H2,18,19,20);1H. The Bertz CT molecular complexity index is 649. The van der Waals surface area contributed by atoms with Crippen LogP contribution in [-0.4, -0.2) is 47.8 Å². The van der Waals surface area contributed by atoms with Crippen LogP contribution in [0.1, 0.15) is 30.0 Å². The lowest BCUT2D eigenvalue weighted by atomic mass is 10.1. The summed E-state index contributed by atoms with van der Waals surface area (Å²) in [6.45, 7) is 0.596. The van der Waals surface area contributed by atoms with Crippen LogP contribution in [0.5, 0.6) is 0 Å². The molecular formula is C14H19F3IN5O2S. The molecule has 0 atom stereocenters. The number of carbonyl (C=O) groups excluding carboxylic acids is 2. The fourth-order valence-corrected chi connectivity index (χ4v) is 2.98. The van der Waals surface area contributed by atoms with Gasteiger partial charge in [0.15, 0.2) is 11.7 Å². The molecular weight excluding hydrogens is 486 g/mol. The Morgan fingerprint density at radius 1 is 1.31 bits per heavy atom. The van der Waals surface area contributed by atoms with Gasteiger partial charge in [0.2, 0.25) is 11.8 Å². The predicted molar refractivity (Wildman–Crippen MR) is 101 cm³/mol. The number of aromatic nitrogens is 1. The number of rotatable bonds is 5. The Morgan fingerprint density at radius 2 is 1.96 bits per heavy atom. The van der Waals surface area contributed by atoms with Gasteiger partial charge in [0.25, 0.3) is 0 Å². The summed E-state index contributed by atoms with van der Waals surface area (Å²) >= 11 is 0.902. The molecule has 1 fully saturated rings. The van der Waals surface area contributed by atoms with Gasteiger partial charge in [-0.05, 0) is 6.42 Å². The molecule has 12 heteroatoms. The number of imide groups is 1. The molecule has 0 unspecified atom stereocenters. The Labute approximate surface area is 169 Å². The summed E-state index contributed by atoms with van der Waals surface area (Å²) in [5.41, 5.74) is -0.917. The van der Waals surface area contributed by atoms with Crippen LogP contribution in [-0.2, 0) is 22.3 Å². The number of carbonyl (C=O) groups is 2. The van der Waals surface area contributed by atoms with E-state index in [2.05, 4.69) is 20.6 Å². The van der Waals surface area contributed by atoms with Crippen LogP contribution in [0.3, 0.4) is 0 Å². The monoisotopic (exact) mass is 505 g/mol. The van der Waals surface area contributed by atoms with E-state index >= 15 is 0 Å². The van der Waals surface area contributed by atoms with Gasteiger partial charge >= 0.3 is 6.18 Å². The zero-order valence-electron chi connectivity index (χ0n) is 13.9. The average molecular weight is 505 g/mol. The summed E-state index contributed by atoms with van der Waals surface area (Å²) in [5.74, 6) is -0.0346. The first-order valence-corrected chi connectivity index (χ1v) is 8.48. The van der Waals surface area contributed by atoms with Crippen LogP contribution in [0.15, 0.2) is 10.4 Å². The molecule has 0 aromatic carbocycles. The van der Waals surface area contributed by atoms with E-state index in [1.54, 1.807) is 0 Å². The van der Waals surface area contributed by atoms with Crippen LogP contribution in [0, 0.1) is 0 Å². The summed E-state index contributed by atoms with van der Waals surface area (Å²) < 4.78 is 37.5. The van der Waals surface area contributed by atoms with Gasteiger partial charge in [0.1, 0.15) is 5.01 Å². The molecule has 0 radical (unpaired) electrons. The largest absolute Gasteiger partial charge is 0.434 e. The summed E-state index contributed by atoms with van der Waals surface area (Å²) in [7, 11) is 1.51. The molecule has 0 spiro atoms. The molecule has 146 valence electrons. The average Bonchev–Trinajstić information content (AvgIpc) is 3.02. The molecule has 2 heterocycles.